The molecule has 7 nitrogen and oxygen atoms in total. The summed E-state index contributed by atoms with van der Waals surface area (Å²) in [5.41, 5.74) is 9.46. The van der Waals surface area contributed by atoms with E-state index in [2.05, 4.69) is 0 Å². The van der Waals surface area contributed by atoms with E-state index in [1.54, 1.807) is 12.0 Å². The van der Waals surface area contributed by atoms with Crippen LogP contribution in [-0.4, -0.2) is 48.3 Å². The summed E-state index contributed by atoms with van der Waals surface area (Å²) in [6, 6.07) is 20.7. The van der Waals surface area contributed by atoms with Crippen molar-refractivity contribution in [2.75, 3.05) is 20.2 Å². The van der Waals surface area contributed by atoms with Crippen LogP contribution in [0.15, 0.2) is 66.7 Å². The van der Waals surface area contributed by atoms with Gasteiger partial charge in [0.1, 0.15) is 6.61 Å². The highest BCUT2D eigenvalue weighted by Gasteiger charge is 2.38. The first-order valence-corrected chi connectivity index (χ1v) is 11.7. The van der Waals surface area contributed by atoms with Gasteiger partial charge in [0.15, 0.2) is 11.5 Å². The summed E-state index contributed by atoms with van der Waals surface area (Å²) in [6.07, 6.45) is -5.08. The number of methoxy groups -OCH3 is 1. The molecular weight excluding hydrogens is 525 g/mol. The van der Waals surface area contributed by atoms with Gasteiger partial charge in [-0.15, -0.1) is 0 Å². The largest absolute Gasteiger partial charge is 0.493 e. The van der Waals surface area contributed by atoms with Crippen LogP contribution in [0.2, 0.25) is 5.02 Å². The van der Waals surface area contributed by atoms with E-state index in [0.29, 0.717) is 48.3 Å². The number of hydrogen-bond acceptors (Lipinski definition) is 5. The molecule has 3 aromatic rings. The fourth-order valence-corrected chi connectivity index (χ4v) is 3.30. The number of alkyl halides is 3. The molecule has 0 atom stereocenters. The second-order valence-corrected chi connectivity index (χ2v) is 8.52. The van der Waals surface area contributed by atoms with E-state index in [1.807, 2.05) is 73.7 Å². The third kappa shape index (κ3) is 9.60. The van der Waals surface area contributed by atoms with Gasteiger partial charge in [0.2, 0.25) is 0 Å². The molecule has 38 heavy (non-hydrogen) atoms. The molecule has 3 rings (SSSR count). The van der Waals surface area contributed by atoms with Crippen molar-refractivity contribution in [3.63, 3.8) is 0 Å². The molecule has 0 aliphatic rings. The standard InChI is InChI=1S/C25H27ClN2O3.C2HF3O2/c1-18-3-8-21(9-4-18)25(29)28(14-13-27)16-20-7-12-23(24(15-20)30-2)31-17-19-5-10-22(26)11-6-19;3-2(4,5)1(6)7/h3-12,15H,13-14,16-17,27H2,1-2H3;(H,6,7). The lowest BCUT2D eigenvalue weighted by Gasteiger charge is -2.23. The molecule has 0 radical (unpaired) electrons. The molecule has 0 bridgehead atoms. The number of carboxylic acid groups (broad SMARTS) is 1. The van der Waals surface area contributed by atoms with Gasteiger partial charge in [0, 0.05) is 30.2 Å². The number of aliphatic carboxylic acids is 1. The number of ether oxygens (including phenoxy) is 2. The van der Waals surface area contributed by atoms with Crippen LogP contribution >= 0.6 is 11.6 Å². The summed E-state index contributed by atoms with van der Waals surface area (Å²) < 4.78 is 43.2. The number of carbonyl (C=O) groups is 2. The van der Waals surface area contributed by atoms with Crippen molar-refractivity contribution >= 4 is 23.5 Å². The highest BCUT2D eigenvalue weighted by atomic mass is 35.5. The van der Waals surface area contributed by atoms with Crippen molar-refractivity contribution in [1.29, 1.82) is 0 Å². The highest BCUT2D eigenvalue weighted by molar-refractivity contribution is 6.30. The molecule has 3 aromatic carbocycles. The molecule has 3 N–H and O–H groups in total. The van der Waals surface area contributed by atoms with E-state index in [0.717, 1.165) is 16.7 Å². The van der Waals surface area contributed by atoms with Gasteiger partial charge in [-0.2, -0.15) is 13.2 Å². The predicted octanol–water partition coefficient (Wildman–Crippen LogP) is 5.47. The lowest BCUT2D eigenvalue weighted by atomic mass is 10.1. The molecule has 204 valence electrons. The van der Waals surface area contributed by atoms with Crippen LogP contribution in [0.4, 0.5) is 13.2 Å². The van der Waals surface area contributed by atoms with Crippen LogP contribution in [0.5, 0.6) is 11.5 Å². The van der Waals surface area contributed by atoms with Gasteiger partial charge in [0.05, 0.1) is 7.11 Å². The average Bonchev–Trinajstić information content (AvgIpc) is 2.88. The summed E-state index contributed by atoms with van der Waals surface area (Å²) in [5.74, 6) is -1.56. The second kappa shape index (κ2) is 14.3. The van der Waals surface area contributed by atoms with Gasteiger partial charge in [-0.05, 0) is 54.4 Å². The normalized spacial score (nSPS) is 10.7. The third-order valence-electron chi connectivity index (χ3n) is 5.14. The van der Waals surface area contributed by atoms with Crippen LogP contribution in [0, 0.1) is 6.92 Å². The Labute approximate surface area is 223 Å². The summed E-state index contributed by atoms with van der Waals surface area (Å²) in [6.45, 7) is 3.67. The van der Waals surface area contributed by atoms with Crippen molar-refractivity contribution in [3.8, 4) is 11.5 Å². The average molecular weight is 553 g/mol. The van der Waals surface area contributed by atoms with Crippen LogP contribution in [0.1, 0.15) is 27.0 Å². The maximum absolute atomic E-state index is 13.0. The topological polar surface area (TPSA) is 102 Å². The smallest absolute Gasteiger partial charge is 0.490 e. The minimum Gasteiger partial charge on any atom is -0.493 e. The van der Waals surface area contributed by atoms with Gasteiger partial charge in [-0.3, -0.25) is 4.79 Å². The third-order valence-corrected chi connectivity index (χ3v) is 5.39. The summed E-state index contributed by atoms with van der Waals surface area (Å²) in [7, 11) is 1.60. The van der Waals surface area contributed by atoms with E-state index in [1.165, 1.54) is 0 Å². The molecule has 11 heteroatoms. The summed E-state index contributed by atoms with van der Waals surface area (Å²) >= 11 is 5.93. The minimum absolute atomic E-state index is 0.0486. The number of halogens is 4. The quantitative estimate of drug-likeness (QED) is 0.365. The maximum Gasteiger partial charge on any atom is 0.490 e. The van der Waals surface area contributed by atoms with Crippen LogP contribution in [0.3, 0.4) is 0 Å². The van der Waals surface area contributed by atoms with Crippen molar-refractivity contribution in [1.82, 2.24) is 4.90 Å². The van der Waals surface area contributed by atoms with Crippen molar-refractivity contribution < 1.29 is 37.3 Å². The van der Waals surface area contributed by atoms with E-state index in [9.17, 15) is 18.0 Å². The lowest BCUT2D eigenvalue weighted by molar-refractivity contribution is -0.192. The maximum atomic E-state index is 13.0. The van der Waals surface area contributed by atoms with E-state index in [4.69, 9.17) is 36.7 Å². The Bertz CT molecular complexity index is 1200. The van der Waals surface area contributed by atoms with Crippen molar-refractivity contribution in [2.24, 2.45) is 5.73 Å². The molecule has 0 unspecified atom stereocenters. The first-order chi connectivity index (χ1) is 17.9. The molecule has 0 aromatic heterocycles. The summed E-state index contributed by atoms with van der Waals surface area (Å²) in [4.78, 5) is 23.6. The second-order valence-electron chi connectivity index (χ2n) is 8.08. The van der Waals surface area contributed by atoms with E-state index in [-0.39, 0.29) is 5.91 Å². The Balaban J connectivity index is 0.000000638. The number of nitrogens with two attached hydrogens (primary N) is 1. The first kappa shape index (κ1) is 30.5. The zero-order valence-electron chi connectivity index (χ0n) is 20.8. The summed E-state index contributed by atoms with van der Waals surface area (Å²) in [5, 5.41) is 7.81. The molecule has 0 heterocycles. The Morgan fingerprint density at radius 2 is 1.55 bits per heavy atom. The van der Waals surface area contributed by atoms with Gasteiger partial charge < -0.3 is 25.2 Å². The van der Waals surface area contributed by atoms with Gasteiger partial charge >= 0.3 is 12.1 Å². The number of nitrogens with zero attached hydrogens (tertiary/aromatic N) is 1. The van der Waals surface area contributed by atoms with Gasteiger partial charge in [0.25, 0.3) is 5.91 Å². The number of carbonyl (C=O) groups excluding carboxylic acids is 1. The molecular formula is C27H28ClF3N2O5. The van der Waals surface area contributed by atoms with Crippen molar-refractivity contribution in [3.05, 3.63) is 94.0 Å². The van der Waals surface area contributed by atoms with Crippen LogP contribution in [0.25, 0.3) is 0 Å². The van der Waals surface area contributed by atoms with Crippen molar-refractivity contribution in [2.45, 2.75) is 26.3 Å². The van der Waals surface area contributed by atoms with Gasteiger partial charge in [-0.1, -0.05) is 47.5 Å². The monoisotopic (exact) mass is 552 g/mol. The van der Waals surface area contributed by atoms with Crippen LogP contribution in [-0.2, 0) is 17.9 Å². The van der Waals surface area contributed by atoms with Gasteiger partial charge in [-0.25, -0.2) is 4.79 Å². The molecule has 1 amide bonds. The highest BCUT2D eigenvalue weighted by Crippen LogP contribution is 2.29. The number of benzene rings is 3. The number of rotatable bonds is 9. The number of amides is 1. The zero-order valence-corrected chi connectivity index (χ0v) is 21.6. The Morgan fingerprint density at radius 3 is 2.08 bits per heavy atom. The fraction of sp³-hybridized carbons (Fsp3) is 0.259. The molecule has 0 spiro atoms. The Morgan fingerprint density at radius 1 is 0.974 bits per heavy atom. The predicted molar refractivity (Wildman–Crippen MR) is 137 cm³/mol. The van der Waals surface area contributed by atoms with E-state index < -0.39 is 12.1 Å². The number of aryl methyl sites for hydroxylation is 1. The number of carboxylic acids is 1. The van der Waals surface area contributed by atoms with E-state index >= 15 is 0 Å². The fourth-order valence-electron chi connectivity index (χ4n) is 3.18. The molecule has 0 saturated heterocycles. The number of hydrogen-bond donors (Lipinski definition) is 2. The van der Waals surface area contributed by atoms with Crippen LogP contribution < -0.4 is 15.2 Å². The zero-order chi connectivity index (χ0) is 28.3. The molecule has 0 aliphatic carbocycles. The molecule has 0 saturated carbocycles. The Hall–Kier alpha value is -3.76. The molecule has 0 fully saturated rings. The molecule has 0 aliphatic heterocycles. The Kier molecular flexibility index (Phi) is 11.4. The minimum atomic E-state index is -5.08. The lowest BCUT2D eigenvalue weighted by Crippen LogP contribution is -2.34. The SMILES string of the molecule is COc1cc(CN(CCN)C(=O)c2ccc(C)cc2)ccc1OCc1ccc(Cl)cc1.O=C(O)C(F)(F)F. The first-order valence-electron chi connectivity index (χ1n) is 11.3.